The van der Waals surface area contributed by atoms with Crippen molar-refractivity contribution in [2.45, 2.75) is 20.0 Å². The number of aromatic carboxylic acids is 1. The van der Waals surface area contributed by atoms with E-state index in [1.807, 2.05) is 19.1 Å². The molecule has 7 heteroatoms. The first-order valence-corrected chi connectivity index (χ1v) is 10.1. The SMILES string of the molecule is Cc1ccc(-c2cccc(-c3nc(-c4ccccc4C)cc(C(F)(F)F)n3)c2)cc1C(=O)O. The van der Waals surface area contributed by atoms with Crippen molar-refractivity contribution >= 4 is 5.97 Å². The van der Waals surface area contributed by atoms with Crippen molar-refractivity contribution in [3.63, 3.8) is 0 Å². The molecule has 0 bridgehead atoms. The van der Waals surface area contributed by atoms with E-state index in [0.717, 1.165) is 11.6 Å². The summed E-state index contributed by atoms with van der Waals surface area (Å²) in [5, 5.41) is 9.41. The largest absolute Gasteiger partial charge is 0.478 e. The third-order valence-electron chi connectivity index (χ3n) is 5.36. The minimum Gasteiger partial charge on any atom is -0.478 e. The molecule has 0 spiro atoms. The molecule has 0 unspecified atom stereocenters. The zero-order valence-corrected chi connectivity index (χ0v) is 17.8. The molecule has 0 aliphatic rings. The summed E-state index contributed by atoms with van der Waals surface area (Å²) in [6.45, 7) is 3.51. The van der Waals surface area contributed by atoms with E-state index in [1.165, 1.54) is 0 Å². The van der Waals surface area contributed by atoms with Crippen molar-refractivity contribution in [1.82, 2.24) is 9.97 Å². The van der Waals surface area contributed by atoms with Gasteiger partial charge in [-0.2, -0.15) is 13.2 Å². The summed E-state index contributed by atoms with van der Waals surface area (Å²) < 4.78 is 40.9. The van der Waals surface area contributed by atoms with Crippen molar-refractivity contribution < 1.29 is 23.1 Å². The Bertz CT molecular complexity index is 1360. The summed E-state index contributed by atoms with van der Waals surface area (Å²) in [6.07, 6.45) is -4.64. The standard InChI is InChI=1S/C26H19F3N2O2/c1-15-6-3-4-9-20(15)22-14-23(26(27,28)29)31-24(30-22)19-8-5-7-17(12-19)18-11-10-16(2)21(13-18)25(32)33/h3-14H,1-2H3,(H,32,33). The fourth-order valence-electron chi connectivity index (χ4n) is 3.59. The zero-order chi connectivity index (χ0) is 23.8. The average molecular weight is 448 g/mol. The monoisotopic (exact) mass is 448 g/mol. The number of hydrogen-bond donors (Lipinski definition) is 1. The topological polar surface area (TPSA) is 63.1 Å². The first-order valence-electron chi connectivity index (χ1n) is 10.1. The van der Waals surface area contributed by atoms with Crippen LogP contribution in [0.4, 0.5) is 13.2 Å². The summed E-state index contributed by atoms with van der Waals surface area (Å²) in [4.78, 5) is 19.7. The Morgan fingerprint density at radius 3 is 2.18 bits per heavy atom. The number of rotatable bonds is 4. The van der Waals surface area contributed by atoms with Gasteiger partial charge in [0.05, 0.1) is 11.3 Å². The van der Waals surface area contributed by atoms with Gasteiger partial charge in [-0.1, -0.05) is 54.6 Å². The van der Waals surface area contributed by atoms with Crippen molar-refractivity contribution in [1.29, 1.82) is 0 Å². The Labute approximate surface area is 188 Å². The molecule has 4 nitrogen and oxygen atoms in total. The van der Waals surface area contributed by atoms with Crippen molar-refractivity contribution in [3.8, 4) is 33.8 Å². The lowest BCUT2D eigenvalue weighted by Crippen LogP contribution is -2.10. The maximum atomic E-state index is 13.6. The molecular formula is C26H19F3N2O2. The highest BCUT2D eigenvalue weighted by Gasteiger charge is 2.34. The number of benzene rings is 3. The Morgan fingerprint density at radius 2 is 1.48 bits per heavy atom. The van der Waals surface area contributed by atoms with Crippen LogP contribution in [0.1, 0.15) is 27.2 Å². The first-order chi connectivity index (χ1) is 15.6. The fraction of sp³-hybridized carbons (Fsp3) is 0.115. The molecule has 1 aromatic heterocycles. The van der Waals surface area contributed by atoms with Crippen molar-refractivity contribution in [2.75, 3.05) is 0 Å². The molecule has 0 aliphatic carbocycles. The third-order valence-corrected chi connectivity index (χ3v) is 5.36. The van der Waals surface area contributed by atoms with E-state index in [-0.39, 0.29) is 17.1 Å². The van der Waals surface area contributed by atoms with E-state index in [0.29, 0.717) is 27.8 Å². The van der Waals surface area contributed by atoms with Crippen molar-refractivity contribution in [3.05, 3.63) is 95.2 Å². The van der Waals surface area contributed by atoms with E-state index in [4.69, 9.17) is 0 Å². The van der Waals surface area contributed by atoms with Crippen LogP contribution in [0.2, 0.25) is 0 Å². The molecule has 1 heterocycles. The van der Waals surface area contributed by atoms with Crippen LogP contribution in [0.15, 0.2) is 72.8 Å². The number of carboxylic acid groups (broad SMARTS) is 1. The summed E-state index contributed by atoms with van der Waals surface area (Å²) >= 11 is 0. The number of hydrogen-bond acceptors (Lipinski definition) is 3. The van der Waals surface area contributed by atoms with Gasteiger partial charge in [0.2, 0.25) is 0 Å². The van der Waals surface area contributed by atoms with Gasteiger partial charge < -0.3 is 5.11 Å². The van der Waals surface area contributed by atoms with E-state index >= 15 is 0 Å². The number of alkyl halides is 3. The molecule has 0 saturated heterocycles. The second-order valence-corrected chi connectivity index (χ2v) is 7.69. The molecule has 0 saturated carbocycles. The van der Waals surface area contributed by atoms with Crippen LogP contribution < -0.4 is 0 Å². The minimum absolute atomic E-state index is 0.0597. The normalized spacial score (nSPS) is 11.4. The molecule has 4 aromatic rings. The summed E-state index contributed by atoms with van der Waals surface area (Å²) in [5.41, 5.74) is 2.99. The number of aromatic nitrogens is 2. The van der Waals surface area contributed by atoms with E-state index in [2.05, 4.69) is 9.97 Å². The molecule has 33 heavy (non-hydrogen) atoms. The van der Waals surface area contributed by atoms with Gasteiger partial charge in [-0.25, -0.2) is 14.8 Å². The minimum atomic E-state index is -4.64. The van der Waals surface area contributed by atoms with E-state index in [9.17, 15) is 23.1 Å². The number of carbonyl (C=O) groups is 1. The van der Waals surface area contributed by atoms with Crippen molar-refractivity contribution in [2.24, 2.45) is 0 Å². The number of halogens is 3. The maximum Gasteiger partial charge on any atom is 0.433 e. The quantitative estimate of drug-likeness (QED) is 0.372. The lowest BCUT2D eigenvalue weighted by molar-refractivity contribution is -0.141. The predicted molar refractivity (Wildman–Crippen MR) is 120 cm³/mol. The molecule has 166 valence electrons. The van der Waals surface area contributed by atoms with Gasteiger partial charge in [0, 0.05) is 11.1 Å². The van der Waals surface area contributed by atoms with Crippen LogP contribution >= 0.6 is 0 Å². The van der Waals surface area contributed by atoms with Gasteiger partial charge in [0.25, 0.3) is 0 Å². The van der Waals surface area contributed by atoms with Crippen LogP contribution in [-0.2, 0) is 6.18 Å². The van der Waals surface area contributed by atoms with Gasteiger partial charge in [0.1, 0.15) is 5.69 Å². The molecular weight excluding hydrogens is 429 g/mol. The lowest BCUT2D eigenvalue weighted by atomic mass is 9.98. The zero-order valence-electron chi connectivity index (χ0n) is 17.8. The summed E-state index contributed by atoms with van der Waals surface area (Å²) in [6, 6.07) is 19.8. The van der Waals surface area contributed by atoms with Gasteiger partial charge in [-0.15, -0.1) is 0 Å². The van der Waals surface area contributed by atoms with Crippen LogP contribution in [0, 0.1) is 13.8 Å². The Balaban J connectivity index is 1.86. The average Bonchev–Trinajstić information content (AvgIpc) is 2.79. The molecule has 3 aromatic carbocycles. The van der Waals surface area contributed by atoms with Gasteiger partial charge in [-0.3, -0.25) is 0 Å². The molecule has 4 rings (SSSR count). The van der Waals surface area contributed by atoms with Crippen LogP contribution in [0.25, 0.3) is 33.8 Å². The van der Waals surface area contributed by atoms with Crippen LogP contribution in [0.5, 0.6) is 0 Å². The Morgan fingerprint density at radius 1 is 0.788 bits per heavy atom. The molecule has 0 amide bonds. The molecule has 0 atom stereocenters. The molecule has 0 fully saturated rings. The highest BCUT2D eigenvalue weighted by molar-refractivity contribution is 5.91. The van der Waals surface area contributed by atoms with E-state index < -0.39 is 17.8 Å². The summed E-state index contributed by atoms with van der Waals surface area (Å²) in [5.74, 6) is -1.11. The smallest absolute Gasteiger partial charge is 0.433 e. The Hall–Kier alpha value is -4.00. The van der Waals surface area contributed by atoms with Gasteiger partial charge >= 0.3 is 12.1 Å². The molecule has 0 aliphatic heterocycles. The third kappa shape index (κ3) is 4.62. The highest BCUT2D eigenvalue weighted by atomic mass is 19.4. The highest BCUT2D eigenvalue weighted by Crippen LogP contribution is 2.34. The number of aryl methyl sites for hydroxylation is 2. The van der Waals surface area contributed by atoms with Crippen LogP contribution in [-0.4, -0.2) is 21.0 Å². The first kappa shape index (κ1) is 22.2. The van der Waals surface area contributed by atoms with Crippen LogP contribution in [0.3, 0.4) is 0 Å². The second kappa shape index (κ2) is 8.50. The number of nitrogens with zero attached hydrogens (tertiary/aromatic N) is 2. The predicted octanol–water partition coefficient (Wildman–Crippen LogP) is 6.81. The van der Waals surface area contributed by atoms with E-state index in [1.54, 1.807) is 61.5 Å². The van der Waals surface area contributed by atoms with Gasteiger partial charge in [-0.05, 0) is 54.3 Å². The fourth-order valence-corrected chi connectivity index (χ4v) is 3.59. The summed E-state index contributed by atoms with van der Waals surface area (Å²) in [7, 11) is 0. The lowest BCUT2D eigenvalue weighted by Gasteiger charge is -2.13. The second-order valence-electron chi connectivity index (χ2n) is 7.69. The molecule has 0 radical (unpaired) electrons. The molecule has 1 N–H and O–H groups in total. The Kier molecular flexibility index (Phi) is 5.72. The number of carboxylic acids is 1. The maximum absolute atomic E-state index is 13.6. The van der Waals surface area contributed by atoms with Gasteiger partial charge in [0.15, 0.2) is 5.82 Å².